The van der Waals surface area contributed by atoms with Crippen LogP contribution in [0.1, 0.15) is 24.2 Å². The molecule has 8 nitrogen and oxygen atoms in total. The molecular formula is C20H23BrN6O2. The number of hydrogen-bond donors (Lipinski definition) is 1. The van der Waals surface area contributed by atoms with Gasteiger partial charge in [0.25, 0.3) is 0 Å². The molecule has 3 aromatic rings. The number of nitrogens with one attached hydrogen (secondary N) is 1. The van der Waals surface area contributed by atoms with Gasteiger partial charge in [-0.15, -0.1) is 15.3 Å². The van der Waals surface area contributed by atoms with Crippen LogP contribution >= 0.6 is 15.9 Å². The van der Waals surface area contributed by atoms with Crippen LogP contribution in [-0.2, 0) is 11.3 Å². The molecule has 1 saturated heterocycles. The minimum atomic E-state index is 0.00442. The number of nitrogens with zero attached hydrogens (tertiary/aromatic N) is 5. The predicted molar refractivity (Wildman–Crippen MR) is 113 cm³/mol. The van der Waals surface area contributed by atoms with Crippen molar-refractivity contribution in [3.8, 4) is 5.75 Å². The second-order valence-corrected chi connectivity index (χ2v) is 8.06. The summed E-state index contributed by atoms with van der Waals surface area (Å²) in [6, 6.07) is 9.67. The smallest absolute Gasteiger partial charge is 0.223 e. The van der Waals surface area contributed by atoms with E-state index in [1.165, 1.54) is 0 Å². The van der Waals surface area contributed by atoms with Gasteiger partial charge in [-0.1, -0.05) is 15.9 Å². The summed E-state index contributed by atoms with van der Waals surface area (Å²) in [7, 11) is 1.64. The summed E-state index contributed by atoms with van der Waals surface area (Å²) < 4.78 is 8.09. The minimum absolute atomic E-state index is 0.00442. The number of fused-ring (bicyclic) bond motifs is 1. The quantitative estimate of drug-likeness (QED) is 0.632. The van der Waals surface area contributed by atoms with Crippen molar-refractivity contribution < 1.29 is 9.53 Å². The summed E-state index contributed by atoms with van der Waals surface area (Å²) in [5, 5.41) is 15.8. The van der Waals surface area contributed by atoms with Crippen molar-refractivity contribution in [1.29, 1.82) is 0 Å². The van der Waals surface area contributed by atoms with Crippen LogP contribution in [0.5, 0.6) is 5.75 Å². The lowest BCUT2D eigenvalue weighted by molar-refractivity contribution is -0.125. The highest BCUT2D eigenvalue weighted by Crippen LogP contribution is 2.25. The number of halogens is 1. The van der Waals surface area contributed by atoms with Gasteiger partial charge in [-0.05, 0) is 50.1 Å². The van der Waals surface area contributed by atoms with Crippen LogP contribution in [0.4, 0.5) is 5.82 Å². The van der Waals surface area contributed by atoms with Crippen LogP contribution in [0.15, 0.2) is 34.8 Å². The molecule has 1 fully saturated rings. The molecule has 0 aliphatic carbocycles. The molecule has 0 atom stereocenters. The van der Waals surface area contributed by atoms with Crippen molar-refractivity contribution in [2.24, 2.45) is 5.92 Å². The van der Waals surface area contributed by atoms with Crippen molar-refractivity contribution in [2.75, 3.05) is 25.1 Å². The third-order valence-corrected chi connectivity index (χ3v) is 5.78. The number of aromatic nitrogens is 4. The number of benzene rings is 1. The van der Waals surface area contributed by atoms with E-state index in [2.05, 4.69) is 41.4 Å². The topological polar surface area (TPSA) is 84.6 Å². The van der Waals surface area contributed by atoms with Gasteiger partial charge in [0.2, 0.25) is 5.91 Å². The molecule has 0 saturated carbocycles. The summed E-state index contributed by atoms with van der Waals surface area (Å²) in [6.07, 6.45) is 1.59. The molecule has 1 N–H and O–H groups in total. The van der Waals surface area contributed by atoms with Crippen molar-refractivity contribution >= 4 is 33.3 Å². The average Bonchev–Trinajstić information content (AvgIpc) is 3.12. The molecule has 1 amide bonds. The Morgan fingerprint density at radius 1 is 1.24 bits per heavy atom. The molecule has 0 spiro atoms. The van der Waals surface area contributed by atoms with Gasteiger partial charge in [0.15, 0.2) is 11.5 Å². The van der Waals surface area contributed by atoms with Crippen molar-refractivity contribution in [3.05, 3.63) is 46.2 Å². The number of aryl methyl sites for hydroxylation is 1. The Kier molecular flexibility index (Phi) is 5.66. The molecule has 9 heteroatoms. The zero-order chi connectivity index (χ0) is 20.4. The van der Waals surface area contributed by atoms with Gasteiger partial charge in [-0.2, -0.15) is 4.52 Å². The van der Waals surface area contributed by atoms with Crippen LogP contribution < -0.4 is 15.0 Å². The Hall–Kier alpha value is -2.68. The van der Waals surface area contributed by atoms with Crippen LogP contribution in [0, 0.1) is 12.8 Å². The first-order valence-corrected chi connectivity index (χ1v) is 10.4. The molecule has 29 heavy (non-hydrogen) atoms. The maximum atomic E-state index is 12.7. The number of anilines is 1. The number of carbonyl (C=O) groups excluding carboxylic acids is 1. The van der Waals surface area contributed by atoms with Crippen molar-refractivity contribution in [1.82, 2.24) is 25.1 Å². The molecular weight excluding hydrogens is 436 g/mol. The van der Waals surface area contributed by atoms with Crippen LogP contribution in [-0.4, -0.2) is 45.9 Å². The first kappa shape index (κ1) is 19.6. The number of hydrogen-bond acceptors (Lipinski definition) is 6. The van der Waals surface area contributed by atoms with Gasteiger partial charge in [-0.3, -0.25) is 4.79 Å². The van der Waals surface area contributed by atoms with Gasteiger partial charge in [0.1, 0.15) is 11.6 Å². The molecule has 1 aromatic carbocycles. The van der Waals surface area contributed by atoms with E-state index in [4.69, 9.17) is 4.74 Å². The summed E-state index contributed by atoms with van der Waals surface area (Å²) in [6.45, 7) is 3.91. The fourth-order valence-corrected chi connectivity index (χ4v) is 4.05. The Morgan fingerprint density at radius 2 is 2.03 bits per heavy atom. The number of methoxy groups -OCH3 is 1. The molecule has 0 unspecified atom stereocenters. The van der Waals surface area contributed by atoms with Crippen molar-refractivity contribution in [2.45, 2.75) is 26.3 Å². The zero-order valence-electron chi connectivity index (χ0n) is 16.4. The number of piperidine rings is 1. The Balaban J connectivity index is 1.34. The van der Waals surface area contributed by atoms with E-state index in [0.717, 1.165) is 59.0 Å². The number of amides is 1. The van der Waals surface area contributed by atoms with E-state index in [1.54, 1.807) is 11.6 Å². The lowest BCUT2D eigenvalue weighted by atomic mass is 9.96. The largest absolute Gasteiger partial charge is 0.496 e. The van der Waals surface area contributed by atoms with Crippen LogP contribution in [0.2, 0.25) is 0 Å². The summed E-state index contributed by atoms with van der Waals surface area (Å²) in [4.78, 5) is 14.9. The van der Waals surface area contributed by atoms with Crippen LogP contribution in [0.3, 0.4) is 0 Å². The number of rotatable bonds is 5. The maximum absolute atomic E-state index is 12.7. The van der Waals surface area contributed by atoms with Gasteiger partial charge in [0, 0.05) is 35.6 Å². The van der Waals surface area contributed by atoms with Gasteiger partial charge in [-0.25, -0.2) is 0 Å². The first-order chi connectivity index (χ1) is 14.0. The Morgan fingerprint density at radius 3 is 2.79 bits per heavy atom. The van der Waals surface area contributed by atoms with E-state index in [1.807, 2.05) is 37.3 Å². The Labute approximate surface area is 177 Å². The first-order valence-electron chi connectivity index (χ1n) is 9.59. The highest BCUT2D eigenvalue weighted by Gasteiger charge is 2.26. The lowest BCUT2D eigenvalue weighted by Crippen LogP contribution is -2.40. The second-order valence-electron chi connectivity index (χ2n) is 7.14. The van der Waals surface area contributed by atoms with E-state index in [-0.39, 0.29) is 11.8 Å². The number of carbonyl (C=O) groups is 1. The Bertz CT molecular complexity index is 1030. The second kappa shape index (κ2) is 8.36. The van der Waals surface area contributed by atoms with E-state index >= 15 is 0 Å². The number of ether oxygens (including phenoxy) is 1. The molecule has 1 aliphatic rings. The summed E-state index contributed by atoms with van der Waals surface area (Å²) >= 11 is 3.47. The highest BCUT2D eigenvalue weighted by molar-refractivity contribution is 9.10. The normalized spacial score (nSPS) is 14.9. The SMILES string of the molecule is COc1ccc(Br)cc1CNC(=O)C1CCN(c2ccc3nnc(C)n3n2)CC1. The van der Waals surface area contributed by atoms with E-state index in [9.17, 15) is 4.79 Å². The third-order valence-electron chi connectivity index (χ3n) is 5.29. The third kappa shape index (κ3) is 4.19. The fourth-order valence-electron chi connectivity index (χ4n) is 3.64. The van der Waals surface area contributed by atoms with Gasteiger partial charge < -0.3 is 15.0 Å². The highest BCUT2D eigenvalue weighted by atomic mass is 79.9. The standard InChI is InChI=1S/C20H23BrN6O2/c1-13-23-24-18-5-6-19(25-27(13)18)26-9-7-14(8-10-26)20(28)22-12-15-11-16(21)3-4-17(15)29-2/h3-6,11,14H,7-10,12H2,1-2H3,(H,22,28). The maximum Gasteiger partial charge on any atom is 0.223 e. The van der Waals surface area contributed by atoms with E-state index < -0.39 is 0 Å². The average molecular weight is 459 g/mol. The molecule has 152 valence electrons. The molecule has 4 rings (SSSR count). The molecule has 0 radical (unpaired) electrons. The summed E-state index contributed by atoms with van der Waals surface area (Å²) in [5.41, 5.74) is 1.69. The zero-order valence-corrected chi connectivity index (χ0v) is 18.0. The minimum Gasteiger partial charge on any atom is -0.496 e. The van der Waals surface area contributed by atoms with Gasteiger partial charge in [0.05, 0.1) is 7.11 Å². The fraction of sp³-hybridized carbons (Fsp3) is 0.400. The van der Waals surface area contributed by atoms with E-state index in [0.29, 0.717) is 6.54 Å². The summed E-state index contributed by atoms with van der Waals surface area (Å²) in [5.74, 6) is 2.51. The van der Waals surface area contributed by atoms with Crippen molar-refractivity contribution in [3.63, 3.8) is 0 Å². The molecule has 0 bridgehead atoms. The lowest BCUT2D eigenvalue weighted by Gasteiger charge is -2.32. The molecule has 1 aliphatic heterocycles. The van der Waals surface area contributed by atoms with Gasteiger partial charge >= 0.3 is 0 Å². The molecule has 2 aromatic heterocycles. The van der Waals surface area contributed by atoms with Crippen LogP contribution in [0.25, 0.3) is 5.65 Å². The predicted octanol–water partition coefficient (Wildman–Crippen LogP) is 2.74. The molecule has 3 heterocycles. The monoisotopic (exact) mass is 458 g/mol.